The van der Waals surface area contributed by atoms with Crippen LogP contribution >= 0.6 is 0 Å². The van der Waals surface area contributed by atoms with Crippen LogP contribution in [-0.4, -0.2) is 57.8 Å². The zero-order valence-electron chi connectivity index (χ0n) is 19.8. The van der Waals surface area contributed by atoms with E-state index in [1.807, 2.05) is 0 Å². The van der Waals surface area contributed by atoms with Gasteiger partial charge in [0.25, 0.3) is 11.8 Å². The molecule has 1 aromatic carbocycles. The number of rotatable bonds is 9. The highest BCUT2D eigenvalue weighted by Crippen LogP contribution is 2.34. The molecule has 1 N–H and O–H groups in total. The highest BCUT2D eigenvalue weighted by molar-refractivity contribution is 6.76. The fourth-order valence-electron chi connectivity index (χ4n) is 2.82. The molecular formula is C22H30N2O8Si. The number of hydroxylamine groups is 2. The molecule has 11 heteroatoms. The van der Waals surface area contributed by atoms with E-state index in [-0.39, 0.29) is 18.4 Å². The van der Waals surface area contributed by atoms with E-state index >= 15 is 0 Å². The summed E-state index contributed by atoms with van der Waals surface area (Å²) in [5.41, 5.74) is 0.805. The number of benzene rings is 1. The maximum Gasteiger partial charge on any atom is 0.411 e. The highest BCUT2D eigenvalue weighted by atomic mass is 28.3. The third kappa shape index (κ3) is 7.34. The van der Waals surface area contributed by atoms with Crippen LogP contribution in [0.3, 0.4) is 0 Å². The summed E-state index contributed by atoms with van der Waals surface area (Å²) in [7, 11) is 1.54. The number of carbonyl (C=O) groups is 4. The SMILES string of the molecule is COc1cc(/C=C(\C)C(=O)ON2C(=O)CCC2=O)c(NC(=O)OCC[Si](C)(C)C)cc1OC. The summed E-state index contributed by atoms with van der Waals surface area (Å²) >= 11 is 0. The highest BCUT2D eigenvalue weighted by Gasteiger charge is 2.33. The monoisotopic (exact) mass is 478 g/mol. The summed E-state index contributed by atoms with van der Waals surface area (Å²) in [5, 5.41) is 3.13. The van der Waals surface area contributed by atoms with Crippen LogP contribution in [0.4, 0.5) is 10.5 Å². The van der Waals surface area contributed by atoms with E-state index in [1.165, 1.54) is 33.3 Å². The van der Waals surface area contributed by atoms with Gasteiger partial charge in [-0.2, -0.15) is 0 Å². The second-order valence-corrected chi connectivity index (χ2v) is 14.3. The van der Waals surface area contributed by atoms with Crippen molar-refractivity contribution in [1.82, 2.24) is 5.06 Å². The molecule has 0 atom stereocenters. The van der Waals surface area contributed by atoms with E-state index in [4.69, 9.17) is 19.0 Å². The predicted molar refractivity (Wildman–Crippen MR) is 123 cm³/mol. The van der Waals surface area contributed by atoms with Crippen molar-refractivity contribution < 1.29 is 38.2 Å². The van der Waals surface area contributed by atoms with Gasteiger partial charge in [-0.25, -0.2) is 9.59 Å². The van der Waals surface area contributed by atoms with E-state index in [2.05, 4.69) is 25.0 Å². The molecule has 1 aromatic rings. The number of imide groups is 1. The molecule has 0 radical (unpaired) electrons. The number of hydrogen-bond acceptors (Lipinski definition) is 8. The van der Waals surface area contributed by atoms with Gasteiger partial charge in [0, 0.05) is 38.1 Å². The van der Waals surface area contributed by atoms with Crippen LogP contribution in [0, 0.1) is 0 Å². The van der Waals surface area contributed by atoms with Crippen LogP contribution in [0.2, 0.25) is 25.7 Å². The third-order valence-electron chi connectivity index (χ3n) is 4.75. The van der Waals surface area contributed by atoms with E-state index in [9.17, 15) is 19.2 Å². The zero-order valence-corrected chi connectivity index (χ0v) is 20.8. The summed E-state index contributed by atoms with van der Waals surface area (Å²) < 4.78 is 15.9. The molecule has 0 aromatic heterocycles. The van der Waals surface area contributed by atoms with Gasteiger partial charge in [0.15, 0.2) is 11.5 Å². The Hall–Kier alpha value is -3.34. The first-order valence-electron chi connectivity index (χ1n) is 10.4. The van der Waals surface area contributed by atoms with Crippen LogP contribution < -0.4 is 14.8 Å². The Bertz CT molecular complexity index is 952. The van der Waals surface area contributed by atoms with Crippen molar-refractivity contribution in [3.05, 3.63) is 23.3 Å². The van der Waals surface area contributed by atoms with Gasteiger partial charge < -0.3 is 19.0 Å². The maximum atomic E-state index is 12.4. The molecule has 33 heavy (non-hydrogen) atoms. The molecule has 1 aliphatic heterocycles. The van der Waals surface area contributed by atoms with Gasteiger partial charge >= 0.3 is 12.1 Å². The summed E-state index contributed by atoms with van der Waals surface area (Å²) in [6.45, 7) is 8.29. The van der Waals surface area contributed by atoms with E-state index in [0.717, 1.165) is 6.04 Å². The molecule has 3 amide bonds. The molecule has 10 nitrogen and oxygen atoms in total. The molecule has 1 aliphatic rings. The largest absolute Gasteiger partial charge is 0.493 e. The van der Waals surface area contributed by atoms with Gasteiger partial charge in [-0.1, -0.05) is 19.6 Å². The number of amides is 3. The minimum Gasteiger partial charge on any atom is -0.493 e. The summed E-state index contributed by atoms with van der Waals surface area (Å²) in [4.78, 5) is 53.1. The Morgan fingerprint density at radius 3 is 2.18 bits per heavy atom. The minimum absolute atomic E-state index is 0.00155. The molecule has 180 valence electrons. The molecule has 1 fully saturated rings. The number of hydrogen-bond donors (Lipinski definition) is 1. The summed E-state index contributed by atoms with van der Waals surface area (Å²) in [6, 6.07) is 3.92. The molecule has 2 rings (SSSR count). The van der Waals surface area contributed by atoms with E-state index < -0.39 is 32.0 Å². The number of nitrogens with zero attached hydrogens (tertiary/aromatic N) is 1. The van der Waals surface area contributed by atoms with Crippen LogP contribution in [0.25, 0.3) is 6.08 Å². The second kappa shape index (κ2) is 11.0. The first-order valence-corrected chi connectivity index (χ1v) is 14.1. The Labute approximate surface area is 193 Å². The van der Waals surface area contributed by atoms with Crippen LogP contribution in [-0.2, 0) is 24.0 Å². The van der Waals surface area contributed by atoms with Gasteiger partial charge in [0.05, 0.1) is 26.5 Å². The average molecular weight is 479 g/mol. The van der Waals surface area contributed by atoms with Crippen molar-refractivity contribution in [3.63, 3.8) is 0 Å². The van der Waals surface area contributed by atoms with Crippen molar-refractivity contribution in [3.8, 4) is 11.5 Å². The molecule has 0 bridgehead atoms. The molecule has 1 saturated heterocycles. The lowest BCUT2D eigenvalue weighted by atomic mass is 10.1. The Balaban J connectivity index is 2.26. The van der Waals surface area contributed by atoms with Crippen LogP contribution in [0.5, 0.6) is 11.5 Å². The number of anilines is 1. The molecule has 0 aliphatic carbocycles. The number of nitrogens with one attached hydrogen (secondary N) is 1. The number of carbonyl (C=O) groups excluding carboxylic acids is 4. The molecule has 1 heterocycles. The van der Waals surface area contributed by atoms with Crippen LogP contribution in [0.1, 0.15) is 25.3 Å². The van der Waals surface area contributed by atoms with Crippen molar-refractivity contribution in [2.24, 2.45) is 0 Å². The molecule has 0 spiro atoms. The van der Waals surface area contributed by atoms with Gasteiger partial charge in [-0.15, -0.1) is 5.06 Å². The summed E-state index contributed by atoms with van der Waals surface area (Å²) in [5.74, 6) is -1.29. The normalized spacial score (nSPS) is 14.2. The van der Waals surface area contributed by atoms with Crippen molar-refractivity contribution >= 4 is 43.7 Å². The Morgan fingerprint density at radius 2 is 1.64 bits per heavy atom. The molecule has 0 saturated carbocycles. The lowest BCUT2D eigenvalue weighted by Crippen LogP contribution is -2.32. The number of methoxy groups -OCH3 is 2. The fraction of sp³-hybridized carbons (Fsp3) is 0.455. The first kappa shape index (κ1) is 25.9. The fourth-order valence-corrected chi connectivity index (χ4v) is 3.54. The van der Waals surface area contributed by atoms with Crippen LogP contribution in [0.15, 0.2) is 17.7 Å². The van der Waals surface area contributed by atoms with Gasteiger partial charge in [-0.3, -0.25) is 14.9 Å². The molecular weight excluding hydrogens is 448 g/mol. The lowest BCUT2D eigenvalue weighted by Gasteiger charge is -2.17. The van der Waals surface area contributed by atoms with Gasteiger partial charge in [0.1, 0.15) is 0 Å². The smallest absolute Gasteiger partial charge is 0.411 e. The topological polar surface area (TPSA) is 120 Å². The van der Waals surface area contributed by atoms with Crippen molar-refractivity contribution in [1.29, 1.82) is 0 Å². The van der Waals surface area contributed by atoms with E-state index in [1.54, 1.807) is 6.07 Å². The Morgan fingerprint density at radius 1 is 1.06 bits per heavy atom. The maximum absolute atomic E-state index is 12.4. The quantitative estimate of drug-likeness (QED) is 0.325. The first-order chi connectivity index (χ1) is 15.4. The average Bonchev–Trinajstić information content (AvgIpc) is 3.05. The van der Waals surface area contributed by atoms with Gasteiger partial charge in [-0.05, 0) is 25.1 Å². The lowest BCUT2D eigenvalue weighted by molar-refractivity contribution is -0.194. The Kier molecular flexibility index (Phi) is 8.63. The summed E-state index contributed by atoms with van der Waals surface area (Å²) in [6.07, 6.45) is 0.785. The van der Waals surface area contributed by atoms with Crippen molar-refractivity contribution in [2.45, 2.75) is 45.5 Å². The van der Waals surface area contributed by atoms with E-state index in [0.29, 0.717) is 34.4 Å². The van der Waals surface area contributed by atoms with Crippen molar-refractivity contribution in [2.75, 3.05) is 26.1 Å². The molecule has 0 unspecified atom stereocenters. The minimum atomic E-state index is -1.37. The number of ether oxygens (including phenoxy) is 3. The van der Waals surface area contributed by atoms with Gasteiger partial charge in [0.2, 0.25) is 0 Å². The predicted octanol–water partition coefficient (Wildman–Crippen LogP) is 3.60. The second-order valence-electron chi connectivity index (χ2n) is 8.65. The zero-order chi connectivity index (χ0) is 24.8. The standard InChI is InChI=1S/C22H30N2O8Si/c1-14(21(27)32-24-19(25)7-8-20(24)26)11-15-12-17(29-2)18(30-3)13-16(15)23-22(28)31-9-10-33(4,5)6/h11-13H,7-10H2,1-6H3,(H,23,28)/b14-11+. The third-order valence-corrected chi connectivity index (χ3v) is 6.46.